The summed E-state index contributed by atoms with van der Waals surface area (Å²) in [7, 11) is 0. The number of carboxylic acid groups (broad SMARTS) is 1. The average Bonchev–Trinajstić information content (AvgIpc) is 1.97. The Kier molecular flexibility index (Phi) is 5.78. The van der Waals surface area contributed by atoms with Crippen molar-refractivity contribution in [2.45, 2.75) is 32.7 Å². The first-order chi connectivity index (χ1) is 5.16. The van der Waals surface area contributed by atoms with Gasteiger partial charge in [0.2, 0.25) is 0 Å². The molecule has 0 rings (SSSR count). The van der Waals surface area contributed by atoms with E-state index in [-0.39, 0.29) is 12.5 Å². The molecular formula is C7H15NO3. The van der Waals surface area contributed by atoms with Crippen LogP contribution in [0.4, 0.5) is 0 Å². The van der Waals surface area contributed by atoms with Crippen LogP contribution in [0.2, 0.25) is 0 Å². The van der Waals surface area contributed by atoms with E-state index in [9.17, 15) is 4.79 Å². The molecule has 0 fully saturated rings. The van der Waals surface area contributed by atoms with Crippen molar-refractivity contribution in [3.8, 4) is 0 Å². The summed E-state index contributed by atoms with van der Waals surface area (Å²) in [4.78, 5) is 15.0. The summed E-state index contributed by atoms with van der Waals surface area (Å²) in [5.74, 6) is -0.768. The van der Waals surface area contributed by atoms with Crippen LogP contribution in [0.15, 0.2) is 0 Å². The van der Waals surface area contributed by atoms with E-state index in [1.165, 1.54) is 0 Å². The van der Waals surface area contributed by atoms with Crippen molar-refractivity contribution in [1.29, 1.82) is 0 Å². The molecule has 1 atom stereocenters. The second kappa shape index (κ2) is 6.12. The van der Waals surface area contributed by atoms with Gasteiger partial charge in [0.05, 0.1) is 6.61 Å². The normalized spacial score (nSPS) is 12.9. The van der Waals surface area contributed by atoms with E-state index in [1.54, 1.807) is 0 Å². The summed E-state index contributed by atoms with van der Waals surface area (Å²) < 4.78 is 0. The Labute approximate surface area is 66.5 Å². The average molecular weight is 161 g/mol. The predicted octanol–water partition coefficient (Wildman–Crippen LogP) is 0.781. The van der Waals surface area contributed by atoms with Crippen LogP contribution in [0.3, 0.4) is 0 Å². The standard InChI is InChI=1S/C7H15NO3/c1-3-11-8-6(2)4-5-7(9)10/h6,8H,3-5H2,1-2H3,(H,9,10). The number of hydrogen-bond donors (Lipinski definition) is 2. The minimum Gasteiger partial charge on any atom is -0.481 e. The highest BCUT2D eigenvalue weighted by atomic mass is 16.6. The summed E-state index contributed by atoms with van der Waals surface area (Å²) in [6.45, 7) is 4.35. The maximum absolute atomic E-state index is 10.1. The maximum atomic E-state index is 10.1. The predicted molar refractivity (Wildman–Crippen MR) is 41.1 cm³/mol. The number of hydrogen-bond acceptors (Lipinski definition) is 3. The molecule has 0 aliphatic carbocycles. The molecule has 0 bridgehead atoms. The van der Waals surface area contributed by atoms with Gasteiger partial charge in [-0.05, 0) is 20.3 Å². The molecule has 0 amide bonds. The highest BCUT2D eigenvalue weighted by Crippen LogP contribution is 1.95. The molecule has 2 N–H and O–H groups in total. The lowest BCUT2D eigenvalue weighted by Crippen LogP contribution is -2.26. The Balaban J connectivity index is 3.22. The lowest BCUT2D eigenvalue weighted by Gasteiger charge is -2.10. The van der Waals surface area contributed by atoms with Gasteiger partial charge in [0.15, 0.2) is 0 Å². The third kappa shape index (κ3) is 7.29. The highest BCUT2D eigenvalue weighted by Gasteiger charge is 2.03. The van der Waals surface area contributed by atoms with Crippen molar-refractivity contribution in [3.05, 3.63) is 0 Å². The third-order valence-electron chi connectivity index (χ3n) is 1.22. The van der Waals surface area contributed by atoms with Gasteiger partial charge >= 0.3 is 5.97 Å². The Morgan fingerprint density at radius 2 is 2.36 bits per heavy atom. The Morgan fingerprint density at radius 3 is 2.82 bits per heavy atom. The first kappa shape index (κ1) is 10.4. The fourth-order valence-corrected chi connectivity index (χ4v) is 0.624. The number of hydroxylamine groups is 1. The monoisotopic (exact) mass is 161 g/mol. The summed E-state index contributed by atoms with van der Waals surface area (Å²) in [6.07, 6.45) is 0.774. The van der Waals surface area contributed by atoms with Crippen LogP contribution in [-0.2, 0) is 9.63 Å². The quantitative estimate of drug-likeness (QED) is 0.565. The van der Waals surface area contributed by atoms with Crippen molar-refractivity contribution in [1.82, 2.24) is 5.48 Å². The molecule has 1 unspecified atom stereocenters. The lowest BCUT2D eigenvalue weighted by atomic mass is 10.2. The van der Waals surface area contributed by atoms with Gasteiger partial charge in [-0.3, -0.25) is 4.79 Å². The van der Waals surface area contributed by atoms with Gasteiger partial charge in [-0.1, -0.05) is 0 Å². The summed E-state index contributed by atoms with van der Waals surface area (Å²) in [5.41, 5.74) is 2.72. The van der Waals surface area contributed by atoms with Crippen LogP contribution in [0, 0.1) is 0 Å². The lowest BCUT2D eigenvalue weighted by molar-refractivity contribution is -0.137. The molecule has 0 saturated heterocycles. The number of nitrogens with one attached hydrogen (secondary N) is 1. The molecule has 66 valence electrons. The highest BCUT2D eigenvalue weighted by molar-refractivity contribution is 5.66. The van der Waals surface area contributed by atoms with Crippen LogP contribution in [0.1, 0.15) is 26.7 Å². The van der Waals surface area contributed by atoms with Gasteiger partial charge in [-0.2, -0.15) is 5.48 Å². The molecule has 0 aliphatic rings. The molecule has 0 saturated carbocycles. The molecule has 0 spiro atoms. The first-order valence-electron chi connectivity index (χ1n) is 3.76. The summed E-state index contributed by atoms with van der Waals surface area (Å²) in [5, 5.41) is 8.32. The van der Waals surface area contributed by atoms with Gasteiger partial charge in [0.25, 0.3) is 0 Å². The SMILES string of the molecule is CCONC(C)CCC(=O)O. The minimum absolute atomic E-state index is 0.103. The molecule has 4 heteroatoms. The summed E-state index contributed by atoms with van der Waals surface area (Å²) >= 11 is 0. The Bertz CT molecular complexity index is 116. The van der Waals surface area contributed by atoms with E-state index < -0.39 is 5.97 Å². The number of carboxylic acids is 1. The molecule has 0 heterocycles. The topological polar surface area (TPSA) is 58.6 Å². The van der Waals surface area contributed by atoms with Crippen LogP contribution < -0.4 is 5.48 Å². The van der Waals surface area contributed by atoms with Crippen molar-refractivity contribution in [2.24, 2.45) is 0 Å². The van der Waals surface area contributed by atoms with E-state index in [2.05, 4.69) is 5.48 Å². The zero-order chi connectivity index (χ0) is 8.69. The van der Waals surface area contributed by atoms with E-state index in [0.29, 0.717) is 13.0 Å². The largest absolute Gasteiger partial charge is 0.481 e. The fraction of sp³-hybridized carbons (Fsp3) is 0.857. The van der Waals surface area contributed by atoms with Crippen molar-refractivity contribution < 1.29 is 14.7 Å². The summed E-state index contributed by atoms with van der Waals surface area (Å²) in [6, 6.07) is 0.103. The van der Waals surface area contributed by atoms with Crippen LogP contribution in [0.25, 0.3) is 0 Å². The molecule has 0 aliphatic heterocycles. The smallest absolute Gasteiger partial charge is 0.303 e. The second-order valence-corrected chi connectivity index (χ2v) is 2.38. The van der Waals surface area contributed by atoms with Crippen LogP contribution in [0.5, 0.6) is 0 Å². The van der Waals surface area contributed by atoms with E-state index >= 15 is 0 Å². The van der Waals surface area contributed by atoms with Gasteiger partial charge in [-0.25, -0.2) is 0 Å². The number of rotatable bonds is 6. The molecule has 11 heavy (non-hydrogen) atoms. The van der Waals surface area contributed by atoms with E-state index in [0.717, 1.165) is 0 Å². The Morgan fingerprint density at radius 1 is 1.73 bits per heavy atom. The molecule has 0 aromatic heterocycles. The Hall–Kier alpha value is -0.610. The van der Waals surface area contributed by atoms with Gasteiger partial charge in [0.1, 0.15) is 0 Å². The molecule has 4 nitrogen and oxygen atoms in total. The van der Waals surface area contributed by atoms with E-state index in [4.69, 9.17) is 9.94 Å². The van der Waals surface area contributed by atoms with Crippen molar-refractivity contribution >= 4 is 5.97 Å². The third-order valence-corrected chi connectivity index (χ3v) is 1.22. The molecule has 0 radical (unpaired) electrons. The van der Waals surface area contributed by atoms with Gasteiger partial charge in [0, 0.05) is 12.5 Å². The van der Waals surface area contributed by atoms with Crippen LogP contribution >= 0.6 is 0 Å². The second-order valence-electron chi connectivity index (χ2n) is 2.38. The van der Waals surface area contributed by atoms with Crippen molar-refractivity contribution in [2.75, 3.05) is 6.61 Å². The number of carbonyl (C=O) groups is 1. The van der Waals surface area contributed by atoms with E-state index in [1.807, 2.05) is 13.8 Å². The zero-order valence-corrected chi connectivity index (χ0v) is 6.96. The van der Waals surface area contributed by atoms with Crippen molar-refractivity contribution in [3.63, 3.8) is 0 Å². The first-order valence-corrected chi connectivity index (χ1v) is 3.76. The molecular weight excluding hydrogens is 146 g/mol. The molecule has 0 aromatic carbocycles. The van der Waals surface area contributed by atoms with Crippen LogP contribution in [-0.4, -0.2) is 23.7 Å². The maximum Gasteiger partial charge on any atom is 0.303 e. The minimum atomic E-state index is -0.768. The van der Waals surface area contributed by atoms with Gasteiger partial charge in [-0.15, -0.1) is 0 Å². The zero-order valence-electron chi connectivity index (χ0n) is 6.96. The molecule has 0 aromatic rings. The fourth-order valence-electron chi connectivity index (χ4n) is 0.624. The number of aliphatic carboxylic acids is 1. The van der Waals surface area contributed by atoms with Gasteiger partial charge < -0.3 is 9.94 Å².